The van der Waals surface area contributed by atoms with Crippen molar-refractivity contribution >= 4 is 12.4 Å². The Morgan fingerprint density at radius 3 is 2.65 bits per heavy atom. The molecule has 90 valence electrons. The first-order chi connectivity index (χ1) is 7.81. The molecule has 1 aromatic heterocycles. The summed E-state index contributed by atoms with van der Waals surface area (Å²) in [5.74, 6) is 0.809. The van der Waals surface area contributed by atoms with Crippen LogP contribution in [-0.2, 0) is 6.42 Å². The highest BCUT2D eigenvalue weighted by Gasteiger charge is 2.03. The van der Waals surface area contributed by atoms with Gasteiger partial charge in [-0.1, -0.05) is 24.3 Å². The summed E-state index contributed by atoms with van der Waals surface area (Å²) in [6.07, 6.45) is 2.51. The Morgan fingerprint density at radius 1 is 1.18 bits per heavy atom. The average molecular weight is 250 g/mol. The molecule has 0 aliphatic rings. The molecule has 3 nitrogen and oxygen atoms in total. The van der Waals surface area contributed by atoms with E-state index in [1.807, 2.05) is 18.2 Å². The lowest BCUT2D eigenvalue weighted by atomic mass is 10.1. The van der Waals surface area contributed by atoms with Crippen molar-refractivity contribution in [2.45, 2.75) is 13.3 Å². The molecule has 0 atom stereocenters. The minimum atomic E-state index is 0. The van der Waals surface area contributed by atoms with E-state index >= 15 is 0 Å². The maximum atomic E-state index is 5.50. The van der Waals surface area contributed by atoms with Crippen molar-refractivity contribution in [3.8, 4) is 11.3 Å². The van der Waals surface area contributed by atoms with Gasteiger partial charge in [0.25, 0.3) is 0 Å². The smallest absolute Gasteiger partial charge is 0.130 e. The minimum absolute atomic E-state index is 0. The first-order valence-electron chi connectivity index (χ1n) is 5.39. The van der Waals surface area contributed by atoms with Gasteiger partial charge in [-0.2, -0.15) is 0 Å². The molecule has 2 rings (SSSR count). The summed E-state index contributed by atoms with van der Waals surface area (Å²) in [4.78, 5) is 8.70. The lowest BCUT2D eigenvalue weighted by Gasteiger charge is -2.05. The van der Waals surface area contributed by atoms with Crippen LogP contribution in [0.5, 0.6) is 0 Å². The number of hydrogen-bond acceptors (Lipinski definition) is 3. The molecule has 1 aromatic carbocycles. The SMILES string of the molecule is Cc1ccccc1-c1ccnc(CCN)n1.Cl. The number of hydrogen-bond donors (Lipinski definition) is 1. The maximum absolute atomic E-state index is 5.50. The number of halogens is 1. The van der Waals surface area contributed by atoms with Gasteiger partial charge >= 0.3 is 0 Å². The average Bonchev–Trinajstić information content (AvgIpc) is 2.30. The third-order valence-corrected chi connectivity index (χ3v) is 2.49. The van der Waals surface area contributed by atoms with E-state index in [2.05, 4.69) is 29.0 Å². The van der Waals surface area contributed by atoms with Gasteiger partial charge in [0.2, 0.25) is 0 Å². The van der Waals surface area contributed by atoms with Crippen molar-refractivity contribution in [2.75, 3.05) is 6.54 Å². The van der Waals surface area contributed by atoms with E-state index in [4.69, 9.17) is 5.73 Å². The zero-order valence-corrected chi connectivity index (χ0v) is 10.6. The standard InChI is InChI=1S/C13H15N3.ClH/c1-10-4-2-3-5-11(10)12-7-9-15-13(16-12)6-8-14;/h2-5,7,9H,6,8,14H2,1H3;1H. The van der Waals surface area contributed by atoms with Crippen molar-refractivity contribution in [1.82, 2.24) is 9.97 Å². The predicted molar refractivity (Wildman–Crippen MR) is 72.2 cm³/mol. The van der Waals surface area contributed by atoms with E-state index in [1.165, 1.54) is 5.56 Å². The van der Waals surface area contributed by atoms with Crippen LogP contribution in [0.1, 0.15) is 11.4 Å². The number of nitrogens with zero attached hydrogens (tertiary/aromatic N) is 2. The molecule has 0 saturated heterocycles. The molecule has 0 spiro atoms. The second-order valence-corrected chi connectivity index (χ2v) is 3.71. The highest BCUT2D eigenvalue weighted by molar-refractivity contribution is 5.85. The molecule has 0 unspecified atom stereocenters. The van der Waals surface area contributed by atoms with Crippen LogP contribution in [0.3, 0.4) is 0 Å². The van der Waals surface area contributed by atoms with Crippen LogP contribution in [0.15, 0.2) is 36.5 Å². The van der Waals surface area contributed by atoms with E-state index in [9.17, 15) is 0 Å². The molecular formula is C13H16ClN3. The Hall–Kier alpha value is -1.45. The number of nitrogens with two attached hydrogens (primary N) is 1. The summed E-state index contributed by atoms with van der Waals surface area (Å²) in [6.45, 7) is 2.66. The lowest BCUT2D eigenvalue weighted by molar-refractivity contribution is 0.869. The molecule has 17 heavy (non-hydrogen) atoms. The third kappa shape index (κ3) is 3.25. The Bertz CT molecular complexity index is 486. The van der Waals surface area contributed by atoms with Gasteiger partial charge in [0, 0.05) is 18.2 Å². The number of benzene rings is 1. The number of aryl methyl sites for hydroxylation is 1. The topological polar surface area (TPSA) is 51.8 Å². The third-order valence-electron chi connectivity index (χ3n) is 2.49. The van der Waals surface area contributed by atoms with Crippen LogP contribution >= 0.6 is 12.4 Å². The number of rotatable bonds is 3. The zero-order chi connectivity index (χ0) is 11.4. The van der Waals surface area contributed by atoms with E-state index in [0.717, 1.165) is 23.5 Å². The summed E-state index contributed by atoms with van der Waals surface area (Å²) < 4.78 is 0. The first kappa shape index (κ1) is 13.6. The molecule has 0 aliphatic heterocycles. The highest BCUT2D eigenvalue weighted by Crippen LogP contribution is 2.20. The van der Waals surface area contributed by atoms with Gasteiger partial charge in [0.05, 0.1) is 5.69 Å². The van der Waals surface area contributed by atoms with Gasteiger partial charge in [-0.15, -0.1) is 12.4 Å². The normalized spacial score (nSPS) is 9.76. The second kappa shape index (κ2) is 6.33. The van der Waals surface area contributed by atoms with Gasteiger partial charge in [0.15, 0.2) is 0 Å². The molecule has 0 fully saturated rings. The molecule has 1 heterocycles. The van der Waals surface area contributed by atoms with Crippen molar-refractivity contribution in [3.63, 3.8) is 0 Å². The molecule has 0 saturated carbocycles. The Labute approximate surface area is 108 Å². The van der Waals surface area contributed by atoms with Crippen LogP contribution in [0.25, 0.3) is 11.3 Å². The van der Waals surface area contributed by atoms with Crippen LogP contribution in [0.2, 0.25) is 0 Å². The van der Waals surface area contributed by atoms with Crippen LogP contribution in [-0.4, -0.2) is 16.5 Å². The van der Waals surface area contributed by atoms with Gasteiger partial charge < -0.3 is 5.73 Å². The Balaban J connectivity index is 0.00000144. The highest BCUT2D eigenvalue weighted by atomic mass is 35.5. The van der Waals surface area contributed by atoms with Crippen molar-refractivity contribution in [3.05, 3.63) is 47.9 Å². The second-order valence-electron chi connectivity index (χ2n) is 3.71. The quantitative estimate of drug-likeness (QED) is 0.909. The fourth-order valence-electron chi connectivity index (χ4n) is 1.66. The van der Waals surface area contributed by atoms with Gasteiger partial charge in [0.1, 0.15) is 5.82 Å². The van der Waals surface area contributed by atoms with Crippen molar-refractivity contribution in [2.24, 2.45) is 5.73 Å². The number of aromatic nitrogens is 2. The van der Waals surface area contributed by atoms with Gasteiger partial charge in [-0.3, -0.25) is 0 Å². The molecule has 0 aliphatic carbocycles. The summed E-state index contributed by atoms with van der Waals surface area (Å²) in [5, 5.41) is 0. The van der Waals surface area contributed by atoms with E-state index in [0.29, 0.717) is 6.54 Å². The zero-order valence-electron chi connectivity index (χ0n) is 9.76. The molecule has 4 heteroatoms. The van der Waals surface area contributed by atoms with E-state index in [1.54, 1.807) is 6.20 Å². The van der Waals surface area contributed by atoms with Crippen molar-refractivity contribution in [1.29, 1.82) is 0 Å². The summed E-state index contributed by atoms with van der Waals surface area (Å²) in [7, 11) is 0. The minimum Gasteiger partial charge on any atom is -0.330 e. The van der Waals surface area contributed by atoms with Crippen LogP contribution in [0, 0.1) is 6.92 Å². The molecular weight excluding hydrogens is 234 g/mol. The summed E-state index contributed by atoms with van der Waals surface area (Å²) in [6, 6.07) is 10.1. The fourth-order valence-corrected chi connectivity index (χ4v) is 1.66. The molecule has 0 bridgehead atoms. The van der Waals surface area contributed by atoms with E-state index in [-0.39, 0.29) is 12.4 Å². The van der Waals surface area contributed by atoms with Crippen LogP contribution in [0.4, 0.5) is 0 Å². The van der Waals surface area contributed by atoms with E-state index < -0.39 is 0 Å². The Kier molecular flexibility index (Phi) is 5.07. The predicted octanol–water partition coefficient (Wildman–Crippen LogP) is 2.38. The largest absolute Gasteiger partial charge is 0.330 e. The summed E-state index contributed by atoms with van der Waals surface area (Å²) in [5.41, 5.74) is 8.85. The monoisotopic (exact) mass is 249 g/mol. The fraction of sp³-hybridized carbons (Fsp3) is 0.231. The summed E-state index contributed by atoms with van der Waals surface area (Å²) >= 11 is 0. The van der Waals surface area contributed by atoms with Crippen molar-refractivity contribution < 1.29 is 0 Å². The molecule has 0 amide bonds. The van der Waals surface area contributed by atoms with Crippen LogP contribution < -0.4 is 5.73 Å². The van der Waals surface area contributed by atoms with Gasteiger partial charge in [-0.05, 0) is 25.1 Å². The lowest BCUT2D eigenvalue weighted by Crippen LogP contribution is -2.06. The Morgan fingerprint density at radius 2 is 1.94 bits per heavy atom. The van der Waals surface area contributed by atoms with Gasteiger partial charge in [-0.25, -0.2) is 9.97 Å². The maximum Gasteiger partial charge on any atom is 0.130 e. The molecule has 2 aromatic rings. The molecule has 2 N–H and O–H groups in total. The molecule has 0 radical (unpaired) electrons. The first-order valence-corrected chi connectivity index (χ1v) is 5.39.